The summed E-state index contributed by atoms with van der Waals surface area (Å²) in [4.78, 5) is 26.3. The molecule has 0 spiro atoms. The molecule has 1 heterocycles. The molecule has 2 aromatic carbocycles. The Morgan fingerprint density at radius 2 is 1.89 bits per heavy atom. The van der Waals surface area contributed by atoms with Gasteiger partial charge in [0.2, 0.25) is 11.8 Å². The van der Waals surface area contributed by atoms with E-state index in [2.05, 4.69) is 17.5 Å². The Hall–Kier alpha value is -2.37. The van der Waals surface area contributed by atoms with Crippen LogP contribution in [0.25, 0.3) is 0 Å². The second-order valence-corrected chi connectivity index (χ2v) is 7.11. The van der Waals surface area contributed by atoms with Crippen LogP contribution in [-0.2, 0) is 16.0 Å². The zero-order valence-electron chi connectivity index (χ0n) is 14.8. The number of halogens is 2. The van der Waals surface area contributed by atoms with Crippen molar-refractivity contribution in [2.24, 2.45) is 11.0 Å². The van der Waals surface area contributed by atoms with Gasteiger partial charge in [0, 0.05) is 24.2 Å². The van der Waals surface area contributed by atoms with Crippen LogP contribution in [0.1, 0.15) is 24.5 Å². The summed E-state index contributed by atoms with van der Waals surface area (Å²) in [6.07, 6.45) is 2.50. The van der Waals surface area contributed by atoms with Crippen LogP contribution in [0.3, 0.4) is 0 Å². The van der Waals surface area contributed by atoms with Gasteiger partial charge in [-0.05, 0) is 36.2 Å². The van der Waals surface area contributed by atoms with Gasteiger partial charge in [0.25, 0.3) is 0 Å². The Kier molecular flexibility index (Phi) is 6.14. The molecule has 5 nitrogen and oxygen atoms in total. The van der Waals surface area contributed by atoms with Crippen molar-refractivity contribution in [1.29, 1.82) is 0 Å². The number of nitrogens with one attached hydrogen (secondary N) is 1. The molecular formula is C20H19Cl2N3O2. The van der Waals surface area contributed by atoms with Gasteiger partial charge in [-0.25, -0.2) is 5.43 Å². The summed E-state index contributed by atoms with van der Waals surface area (Å²) >= 11 is 12.1. The maximum absolute atomic E-state index is 12.4. The van der Waals surface area contributed by atoms with Crippen molar-refractivity contribution in [3.63, 3.8) is 0 Å². The molecule has 2 aromatic rings. The van der Waals surface area contributed by atoms with Gasteiger partial charge in [-0.15, -0.1) is 0 Å². The van der Waals surface area contributed by atoms with Gasteiger partial charge >= 0.3 is 0 Å². The van der Waals surface area contributed by atoms with E-state index >= 15 is 0 Å². The Morgan fingerprint density at radius 3 is 2.52 bits per heavy atom. The van der Waals surface area contributed by atoms with Gasteiger partial charge in [0.1, 0.15) is 0 Å². The maximum Gasteiger partial charge on any atom is 0.245 e. The number of hydrogen-bond donors (Lipinski definition) is 1. The smallest absolute Gasteiger partial charge is 0.245 e. The van der Waals surface area contributed by atoms with Crippen molar-refractivity contribution in [2.45, 2.75) is 19.8 Å². The first kappa shape index (κ1) is 19.4. The summed E-state index contributed by atoms with van der Waals surface area (Å²) < 4.78 is 0. The van der Waals surface area contributed by atoms with Crippen LogP contribution < -0.4 is 10.3 Å². The summed E-state index contributed by atoms with van der Waals surface area (Å²) in [5, 5.41) is 4.82. The standard InChI is InChI=1S/C20H19Cl2N3O2/c1-2-13-6-8-15(9-7-13)25-12-14(10-19(25)26)20(27)24-23-11-16-17(21)4-3-5-18(16)22/h3-9,11,14H,2,10,12H2,1H3,(H,24,27)/b23-11+/t14-/m1/s1. The van der Waals surface area contributed by atoms with E-state index in [0.717, 1.165) is 12.1 Å². The van der Waals surface area contributed by atoms with Gasteiger partial charge < -0.3 is 4.90 Å². The third kappa shape index (κ3) is 4.49. The molecule has 1 saturated heterocycles. The number of carbonyl (C=O) groups is 2. The van der Waals surface area contributed by atoms with Gasteiger partial charge in [-0.3, -0.25) is 9.59 Å². The van der Waals surface area contributed by atoms with Crippen LogP contribution in [0.2, 0.25) is 10.0 Å². The molecule has 0 aliphatic carbocycles. The van der Waals surface area contributed by atoms with E-state index in [4.69, 9.17) is 23.2 Å². The molecule has 1 N–H and O–H groups in total. The highest BCUT2D eigenvalue weighted by atomic mass is 35.5. The zero-order chi connectivity index (χ0) is 19.4. The SMILES string of the molecule is CCc1ccc(N2C[C@H](C(=O)N/N=C/c3c(Cl)cccc3Cl)CC2=O)cc1. The molecule has 27 heavy (non-hydrogen) atoms. The molecule has 7 heteroatoms. The Labute approximate surface area is 168 Å². The molecular weight excluding hydrogens is 385 g/mol. The van der Waals surface area contributed by atoms with Crippen LogP contribution in [0.15, 0.2) is 47.6 Å². The fraction of sp³-hybridized carbons (Fsp3) is 0.250. The van der Waals surface area contributed by atoms with E-state index in [9.17, 15) is 9.59 Å². The fourth-order valence-corrected chi connectivity index (χ4v) is 3.43. The minimum Gasteiger partial charge on any atom is -0.312 e. The lowest BCUT2D eigenvalue weighted by atomic mass is 10.1. The van der Waals surface area contributed by atoms with Crippen molar-refractivity contribution in [3.8, 4) is 0 Å². The fourth-order valence-electron chi connectivity index (χ4n) is 2.93. The summed E-state index contributed by atoms with van der Waals surface area (Å²) in [6, 6.07) is 12.9. The van der Waals surface area contributed by atoms with Gasteiger partial charge in [0.05, 0.1) is 22.2 Å². The molecule has 1 fully saturated rings. The third-order valence-electron chi connectivity index (χ3n) is 4.52. The highest BCUT2D eigenvalue weighted by molar-refractivity contribution is 6.38. The predicted molar refractivity (Wildman–Crippen MR) is 108 cm³/mol. The number of hydrazone groups is 1. The number of hydrogen-bond acceptors (Lipinski definition) is 3. The summed E-state index contributed by atoms with van der Waals surface area (Å²) in [7, 11) is 0. The molecule has 0 unspecified atom stereocenters. The molecule has 2 amide bonds. The topological polar surface area (TPSA) is 61.8 Å². The number of anilines is 1. The molecule has 0 radical (unpaired) electrons. The first-order valence-electron chi connectivity index (χ1n) is 8.65. The summed E-state index contributed by atoms with van der Waals surface area (Å²) in [5.74, 6) is -0.838. The molecule has 3 rings (SSSR count). The minimum atomic E-state index is -0.456. The molecule has 0 saturated carbocycles. The second-order valence-electron chi connectivity index (χ2n) is 6.29. The predicted octanol–water partition coefficient (Wildman–Crippen LogP) is 4.06. The van der Waals surface area contributed by atoms with Gasteiger partial charge in [-0.1, -0.05) is 48.3 Å². The van der Waals surface area contributed by atoms with Crippen LogP contribution in [0, 0.1) is 5.92 Å². The highest BCUT2D eigenvalue weighted by Crippen LogP contribution is 2.26. The minimum absolute atomic E-state index is 0.0717. The van der Waals surface area contributed by atoms with E-state index in [0.29, 0.717) is 22.2 Å². The second kappa shape index (κ2) is 8.55. The van der Waals surface area contributed by atoms with E-state index in [1.165, 1.54) is 11.8 Å². The quantitative estimate of drug-likeness (QED) is 0.604. The Bertz CT molecular complexity index is 861. The van der Waals surface area contributed by atoms with E-state index in [-0.39, 0.29) is 18.2 Å². The molecule has 1 aliphatic rings. The van der Waals surface area contributed by atoms with E-state index < -0.39 is 5.92 Å². The van der Waals surface area contributed by atoms with Crippen LogP contribution >= 0.6 is 23.2 Å². The number of rotatable bonds is 5. The molecule has 1 atom stereocenters. The van der Waals surface area contributed by atoms with Crippen molar-refractivity contribution >= 4 is 46.9 Å². The largest absolute Gasteiger partial charge is 0.312 e. The average Bonchev–Trinajstić information content (AvgIpc) is 3.06. The van der Waals surface area contributed by atoms with Crippen molar-refractivity contribution < 1.29 is 9.59 Å². The molecule has 0 aromatic heterocycles. The molecule has 1 aliphatic heterocycles. The monoisotopic (exact) mass is 403 g/mol. The van der Waals surface area contributed by atoms with Crippen LogP contribution in [0.4, 0.5) is 5.69 Å². The molecule has 140 valence electrons. The lowest BCUT2D eigenvalue weighted by molar-refractivity contribution is -0.126. The first-order chi connectivity index (χ1) is 13.0. The highest BCUT2D eigenvalue weighted by Gasteiger charge is 2.35. The number of amides is 2. The van der Waals surface area contributed by atoms with Gasteiger partial charge in [0.15, 0.2) is 0 Å². The Morgan fingerprint density at radius 1 is 1.22 bits per heavy atom. The average molecular weight is 404 g/mol. The lowest BCUT2D eigenvalue weighted by Crippen LogP contribution is -2.30. The molecule has 0 bridgehead atoms. The zero-order valence-corrected chi connectivity index (χ0v) is 16.3. The normalized spacial score (nSPS) is 16.9. The third-order valence-corrected chi connectivity index (χ3v) is 5.18. The van der Waals surface area contributed by atoms with Crippen molar-refractivity contribution in [2.75, 3.05) is 11.4 Å². The number of aryl methyl sites for hydroxylation is 1. The van der Waals surface area contributed by atoms with Crippen LogP contribution in [0.5, 0.6) is 0 Å². The number of benzene rings is 2. The first-order valence-corrected chi connectivity index (χ1v) is 9.41. The van der Waals surface area contributed by atoms with Crippen LogP contribution in [-0.4, -0.2) is 24.6 Å². The lowest BCUT2D eigenvalue weighted by Gasteiger charge is -2.16. The number of nitrogens with zero attached hydrogens (tertiary/aromatic N) is 2. The van der Waals surface area contributed by atoms with E-state index in [1.54, 1.807) is 23.1 Å². The maximum atomic E-state index is 12.4. The van der Waals surface area contributed by atoms with Crippen molar-refractivity contribution in [3.05, 3.63) is 63.6 Å². The summed E-state index contributed by atoms with van der Waals surface area (Å²) in [5.41, 5.74) is 5.01. The van der Waals surface area contributed by atoms with Crippen molar-refractivity contribution in [1.82, 2.24) is 5.43 Å². The van der Waals surface area contributed by atoms with E-state index in [1.807, 2.05) is 24.3 Å². The number of carbonyl (C=O) groups excluding carboxylic acids is 2. The summed E-state index contributed by atoms with van der Waals surface area (Å²) in [6.45, 7) is 2.41. The van der Waals surface area contributed by atoms with Gasteiger partial charge in [-0.2, -0.15) is 5.10 Å². The Balaban J connectivity index is 1.62.